The number of carbonyl (C=O) groups excluding carboxylic acids is 1. The van der Waals surface area contributed by atoms with Gasteiger partial charge in [-0.2, -0.15) is 5.10 Å². The summed E-state index contributed by atoms with van der Waals surface area (Å²) in [5, 5.41) is 17.6. The highest BCUT2D eigenvalue weighted by Gasteiger charge is 2.30. The molecule has 0 aliphatic carbocycles. The van der Waals surface area contributed by atoms with E-state index in [4.69, 9.17) is 0 Å². The number of nitrogens with one attached hydrogen (secondary N) is 1. The molecule has 2 aromatic heterocycles. The second-order valence-corrected chi connectivity index (χ2v) is 6.33. The summed E-state index contributed by atoms with van der Waals surface area (Å²) in [5.41, 5.74) is 1.53. The monoisotopic (exact) mass is 324 g/mol. The van der Waals surface area contributed by atoms with Gasteiger partial charge in [-0.1, -0.05) is 30.3 Å². The molecule has 2 N–H and O–H groups in total. The zero-order chi connectivity index (χ0) is 17.3. The van der Waals surface area contributed by atoms with Gasteiger partial charge in [0.2, 0.25) is 0 Å². The van der Waals surface area contributed by atoms with Crippen molar-refractivity contribution >= 4 is 11.6 Å². The molecule has 1 atom stereocenters. The number of nitrogens with zero attached hydrogens (tertiary/aromatic N) is 3. The SMILES string of the molecule is Cc1c(C(=O)NC(c2ccccc2)C(C)(C)O)cnc2ccnn12. The maximum atomic E-state index is 12.8. The largest absolute Gasteiger partial charge is 0.388 e. The van der Waals surface area contributed by atoms with Gasteiger partial charge in [0.05, 0.1) is 29.1 Å². The third kappa shape index (κ3) is 3.00. The quantitative estimate of drug-likeness (QED) is 0.771. The maximum Gasteiger partial charge on any atom is 0.255 e. The predicted octanol–water partition coefficient (Wildman–Crippen LogP) is 2.28. The second kappa shape index (κ2) is 6.05. The van der Waals surface area contributed by atoms with Crippen LogP contribution in [0.3, 0.4) is 0 Å². The van der Waals surface area contributed by atoms with Gasteiger partial charge in [0.1, 0.15) is 0 Å². The molecule has 0 saturated heterocycles. The number of rotatable bonds is 4. The van der Waals surface area contributed by atoms with E-state index in [1.165, 1.54) is 6.20 Å². The first-order chi connectivity index (χ1) is 11.4. The molecule has 3 rings (SSSR count). The van der Waals surface area contributed by atoms with Crippen molar-refractivity contribution in [1.82, 2.24) is 19.9 Å². The van der Waals surface area contributed by atoms with Crippen LogP contribution in [0.5, 0.6) is 0 Å². The van der Waals surface area contributed by atoms with Gasteiger partial charge in [-0.3, -0.25) is 4.79 Å². The fourth-order valence-electron chi connectivity index (χ4n) is 2.74. The first-order valence-electron chi connectivity index (χ1n) is 7.75. The van der Waals surface area contributed by atoms with Crippen LogP contribution in [0.15, 0.2) is 48.8 Å². The Morgan fingerprint density at radius 1 is 1.25 bits per heavy atom. The number of aliphatic hydroxyl groups is 1. The molecule has 124 valence electrons. The average Bonchev–Trinajstić information content (AvgIpc) is 3.02. The Kier molecular flexibility index (Phi) is 4.07. The van der Waals surface area contributed by atoms with Crippen molar-refractivity contribution in [3.8, 4) is 0 Å². The van der Waals surface area contributed by atoms with Gasteiger partial charge in [-0.15, -0.1) is 0 Å². The molecule has 0 spiro atoms. The minimum absolute atomic E-state index is 0.298. The molecule has 3 aromatic rings. The van der Waals surface area contributed by atoms with Crippen LogP contribution < -0.4 is 5.32 Å². The fraction of sp³-hybridized carbons (Fsp3) is 0.278. The van der Waals surface area contributed by atoms with Crippen molar-refractivity contribution in [2.24, 2.45) is 0 Å². The molecule has 0 aliphatic rings. The van der Waals surface area contributed by atoms with Crippen molar-refractivity contribution in [2.75, 3.05) is 0 Å². The van der Waals surface area contributed by atoms with E-state index in [1.807, 2.05) is 37.3 Å². The number of benzene rings is 1. The molecule has 1 unspecified atom stereocenters. The van der Waals surface area contributed by atoms with Gasteiger partial charge in [-0.05, 0) is 26.3 Å². The predicted molar refractivity (Wildman–Crippen MR) is 90.7 cm³/mol. The Morgan fingerprint density at radius 2 is 1.96 bits per heavy atom. The number of aromatic nitrogens is 3. The van der Waals surface area contributed by atoms with Crippen LogP contribution in [0.1, 0.15) is 41.5 Å². The van der Waals surface area contributed by atoms with Crippen molar-refractivity contribution in [3.63, 3.8) is 0 Å². The summed E-state index contributed by atoms with van der Waals surface area (Å²) in [6.07, 6.45) is 3.18. The smallest absolute Gasteiger partial charge is 0.255 e. The first-order valence-corrected chi connectivity index (χ1v) is 7.75. The van der Waals surface area contributed by atoms with Crippen LogP contribution >= 0.6 is 0 Å². The van der Waals surface area contributed by atoms with Gasteiger partial charge in [0, 0.05) is 12.3 Å². The number of carbonyl (C=O) groups is 1. The Labute approximate surface area is 140 Å². The van der Waals surface area contributed by atoms with E-state index in [0.717, 1.165) is 5.56 Å². The molecule has 2 heterocycles. The highest BCUT2D eigenvalue weighted by atomic mass is 16.3. The van der Waals surface area contributed by atoms with Crippen molar-refractivity contribution in [1.29, 1.82) is 0 Å². The van der Waals surface area contributed by atoms with Crippen LogP contribution in [0.2, 0.25) is 0 Å². The molecule has 6 heteroatoms. The Morgan fingerprint density at radius 3 is 2.62 bits per heavy atom. The first kappa shape index (κ1) is 16.1. The second-order valence-electron chi connectivity index (χ2n) is 6.33. The summed E-state index contributed by atoms with van der Waals surface area (Å²) in [6, 6.07) is 10.6. The molecular weight excluding hydrogens is 304 g/mol. The lowest BCUT2D eigenvalue weighted by Gasteiger charge is -2.30. The molecule has 1 aromatic carbocycles. The van der Waals surface area contributed by atoms with Crippen LogP contribution in [-0.4, -0.2) is 31.2 Å². The molecule has 0 fully saturated rings. The van der Waals surface area contributed by atoms with Crippen LogP contribution in [0.4, 0.5) is 0 Å². The summed E-state index contributed by atoms with van der Waals surface area (Å²) < 4.78 is 1.62. The highest BCUT2D eigenvalue weighted by Crippen LogP contribution is 2.26. The zero-order valence-electron chi connectivity index (χ0n) is 13.9. The fourth-order valence-corrected chi connectivity index (χ4v) is 2.74. The standard InChI is InChI=1S/C18H20N4O2/c1-12-14(11-19-15-9-10-20-22(12)15)17(23)21-16(18(2,3)24)13-7-5-4-6-8-13/h4-11,16,24H,1-3H3,(H,21,23). The van der Waals surface area contributed by atoms with E-state index >= 15 is 0 Å². The van der Waals surface area contributed by atoms with Crippen LogP contribution in [0, 0.1) is 6.92 Å². The Hall–Kier alpha value is -2.73. The van der Waals surface area contributed by atoms with Gasteiger partial charge in [-0.25, -0.2) is 9.50 Å². The minimum Gasteiger partial charge on any atom is -0.388 e. The number of aryl methyl sites for hydroxylation is 1. The van der Waals surface area contributed by atoms with E-state index in [1.54, 1.807) is 30.6 Å². The number of hydrogen-bond acceptors (Lipinski definition) is 4. The van der Waals surface area contributed by atoms with E-state index in [9.17, 15) is 9.90 Å². The lowest BCUT2D eigenvalue weighted by Crippen LogP contribution is -2.42. The van der Waals surface area contributed by atoms with Crippen molar-refractivity contribution < 1.29 is 9.90 Å². The molecule has 0 radical (unpaired) electrons. The number of amides is 1. The third-order valence-corrected chi connectivity index (χ3v) is 4.02. The lowest BCUT2D eigenvalue weighted by molar-refractivity contribution is 0.0343. The van der Waals surface area contributed by atoms with Crippen LogP contribution in [0.25, 0.3) is 5.65 Å². The molecule has 24 heavy (non-hydrogen) atoms. The number of hydrogen-bond donors (Lipinski definition) is 2. The maximum absolute atomic E-state index is 12.8. The summed E-state index contributed by atoms with van der Waals surface area (Å²) in [5.74, 6) is -0.298. The summed E-state index contributed by atoms with van der Waals surface area (Å²) in [6.45, 7) is 5.16. The van der Waals surface area contributed by atoms with E-state index in [-0.39, 0.29) is 5.91 Å². The van der Waals surface area contributed by atoms with Gasteiger partial charge in [0.25, 0.3) is 5.91 Å². The summed E-state index contributed by atoms with van der Waals surface area (Å²) in [4.78, 5) is 17.0. The van der Waals surface area contributed by atoms with Crippen LogP contribution in [-0.2, 0) is 0 Å². The normalized spacial score (nSPS) is 13.0. The number of fused-ring (bicyclic) bond motifs is 1. The molecular formula is C18H20N4O2. The average molecular weight is 324 g/mol. The molecule has 0 aliphatic heterocycles. The van der Waals surface area contributed by atoms with Gasteiger partial charge >= 0.3 is 0 Å². The van der Waals surface area contributed by atoms with Gasteiger partial charge < -0.3 is 10.4 Å². The van der Waals surface area contributed by atoms with Crippen molar-refractivity contribution in [2.45, 2.75) is 32.4 Å². The topological polar surface area (TPSA) is 79.5 Å². The highest BCUT2D eigenvalue weighted by molar-refractivity contribution is 5.95. The summed E-state index contributed by atoms with van der Waals surface area (Å²) >= 11 is 0. The van der Waals surface area contributed by atoms with Gasteiger partial charge in [0.15, 0.2) is 5.65 Å². The van der Waals surface area contributed by atoms with E-state index in [2.05, 4.69) is 15.4 Å². The Balaban J connectivity index is 1.94. The minimum atomic E-state index is -1.12. The molecule has 0 bridgehead atoms. The zero-order valence-corrected chi connectivity index (χ0v) is 13.9. The molecule has 1 amide bonds. The molecule has 6 nitrogen and oxygen atoms in total. The van der Waals surface area contributed by atoms with E-state index in [0.29, 0.717) is 16.9 Å². The van der Waals surface area contributed by atoms with E-state index < -0.39 is 11.6 Å². The van der Waals surface area contributed by atoms with Crippen molar-refractivity contribution in [3.05, 3.63) is 65.6 Å². The molecule has 0 saturated carbocycles. The third-order valence-electron chi connectivity index (χ3n) is 4.02. The Bertz CT molecular complexity index is 866. The summed E-state index contributed by atoms with van der Waals surface area (Å²) in [7, 11) is 0. The lowest BCUT2D eigenvalue weighted by atomic mass is 9.91.